The monoisotopic (exact) mass is 377 g/mol. The molecule has 0 radical (unpaired) electrons. The summed E-state index contributed by atoms with van der Waals surface area (Å²) in [5.41, 5.74) is 7.96. The van der Waals surface area contributed by atoms with E-state index in [1.807, 2.05) is 31.2 Å². The summed E-state index contributed by atoms with van der Waals surface area (Å²) >= 11 is 0. The number of hydrogen-bond donors (Lipinski definition) is 2. The Bertz CT molecular complexity index is 1020. The molecular formula is C21H23N5O2. The van der Waals surface area contributed by atoms with Gasteiger partial charge in [-0.25, -0.2) is 0 Å². The van der Waals surface area contributed by atoms with E-state index in [1.54, 1.807) is 4.90 Å². The lowest BCUT2D eigenvalue weighted by Gasteiger charge is -2.32. The fourth-order valence-corrected chi connectivity index (χ4v) is 4.34. The highest BCUT2D eigenvalue weighted by Crippen LogP contribution is 2.55. The van der Waals surface area contributed by atoms with Gasteiger partial charge in [-0.3, -0.25) is 9.89 Å². The van der Waals surface area contributed by atoms with Crippen molar-refractivity contribution in [3.63, 3.8) is 0 Å². The smallest absolute Gasteiger partial charge is 0.247 e. The van der Waals surface area contributed by atoms with Crippen LogP contribution in [-0.4, -0.2) is 22.6 Å². The third kappa shape index (κ3) is 2.21. The Morgan fingerprint density at radius 3 is 2.82 bits per heavy atom. The van der Waals surface area contributed by atoms with E-state index in [0.29, 0.717) is 18.5 Å². The molecule has 1 aromatic heterocycles. The van der Waals surface area contributed by atoms with Crippen LogP contribution >= 0.6 is 0 Å². The average molecular weight is 377 g/mol. The number of rotatable bonds is 5. The first kappa shape index (κ1) is 18.1. The summed E-state index contributed by atoms with van der Waals surface area (Å²) in [5, 5.41) is 17.3. The Morgan fingerprint density at radius 1 is 1.32 bits per heavy atom. The fraction of sp³-hybridized carbons (Fsp3) is 0.381. The molecular weight excluding hydrogens is 354 g/mol. The number of benzene rings is 1. The molecule has 0 saturated carbocycles. The van der Waals surface area contributed by atoms with Gasteiger partial charge in [0.1, 0.15) is 17.1 Å². The minimum absolute atomic E-state index is 0.0648. The van der Waals surface area contributed by atoms with Crippen molar-refractivity contribution in [3.8, 4) is 11.9 Å². The zero-order chi connectivity index (χ0) is 19.9. The molecule has 0 aliphatic carbocycles. The van der Waals surface area contributed by atoms with Crippen LogP contribution in [0.4, 0.5) is 5.69 Å². The largest absolute Gasteiger partial charge is 0.420 e. The fourth-order valence-electron chi connectivity index (χ4n) is 4.34. The van der Waals surface area contributed by atoms with Crippen LogP contribution in [0.1, 0.15) is 49.9 Å². The number of carbonyl (C=O) groups excluding carboxylic acids is 1. The number of ether oxygens (including phenoxy) is 1. The molecule has 1 atom stereocenters. The van der Waals surface area contributed by atoms with E-state index < -0.39 is 5.41 Å². The lowest BCUT2D eigenvalue weighted by molar-refractivity contribution is -0.121. The summed E-state index contributed by atoms with van der Waals surface area (Å²) in [6, 6.07) is 9.78. The number of nitrogens with one attached hydrogen (secondary N) is 1. The molecule has 0 fully saturated rings. The zero-order valence-electron chi connectivity index (χ0n) is 16.1. The molecule has 0 unspecified atom stereocenters. The zero-order valence-corrected chi connectivity index (χ0v) is 16.1. The molecule has 2 aromatic rings. The molecule has 1 spiro atoms. The van der Waals surface area contributed by atoms with Gasteiger partial charge < -0.3 is 15.4 Å². The highest BCUT2D eigenvalue weighted by molar-refractivity contribution is 6.14. The van der Waals surface area contributed by atoms with Gasteiger partial charge in [-0.2, -0.15) is 5.26 Å². The number of nitrogens with zero attached hydrogens (tertiary/aromatic N) is 3. The number of hydrogen-bond acceptors (Lipinski definition) is 5. The van der Waals surface area contributed by atoms with Crippen molar-refractivity contribution in [2.24, 2.45) is 5.73 Å². The first-order valence-corrected chi connectivity index (χ1v) is 9.68. The van der Waals surface area contributed by atoms with Crippen LogP contribution in [0.3, 0.4) is 0 Å². The van der Waals surface area contributed by atoms with Crippen molar-refractivity contribution in [2.45, 2.75) is 44.9 Å². The second kappa shape index (κ2) is 6.71. The van der Waals surface area contributed by atoms with Crippen molar-refractivity contribution in [3.05, 3.63) is 52.5 Å². The van der Waals surface area contributed by atoms with E-state index in [-0.39, 0.29) is 23.2 Å². The van der Waals surface area contributed by atoms with E-state index in [1.165, 1.54) is 0 Å². The molecule has 0 saturated heterocycles. The molecule has 3 heterocycles. The van der Waals surface area contributed by atoms with E-state index in [4.69, 9.17) is 10.5 Å². The summed E-state index contributed by atoms with van der Waals surface area (Å²) in [7, 11) is 0. The van der Waals surface area contributed by atoms with Gasteiger partial charge in [-0.15, -0.1) is 5.10 Å². The third-order valence-electron chi connectivity index (χ3n) is 5.52. The molecule has 2 aliphatic rings. The van der Waals surface area contributed by atoms with Crippen LogP contribution in [-0.2, 0) is 16.6 Å². The Kier molecular flexibility index (Phi) is 4.34. The first-order valence-electron chi connectivity index (χ1n) is 9.68. The molecule has 144 valence electrons. The summed E-state index contributed by atoms with van der Waals surface area (Å²) in [5.74, 6) is 0.0490. The number of aromatic nitrogens is 2. The number of unbranched alkanes of at least 4 members (excludes halogenated alkanes) is 1. The van der Waals surface area contributed by atoms with Crippen LogP contribution in [0.25, 0.3) is 0 Å². The maximum atomic E-state index is 13.9. The van der Waals surface area contributed by atoms with Gasteiger partial charge in [0.15, 0.2) is 0 Å². The number of carbonyl (C=O) groups is 1. The lowest BCUT2D eigenvalue weighted by Crippen LogP contribution is -2.46. The minimum Gasteiger partial charge on any atom is -0.420 e. The Morgan fingerprint density at radius 2 is 2.11 bits per heavy atom. The highest BCUT2D eigenvalue weighted by atomic mass is 16.5. The second-order valence-corrected chi connectivity index (χ2v) is 7.16. The van der Waals surface area contributed by atoms with Gasteiger partial charge in [0.25, 0.3) is 0 Å². The van der Waals surface area contributed by atoms with Crippen molar-refractivity contribution >= 4 is 11.6 Å². The Hall–Kier alpha value is -3.27. The normalized spacial score (nSPS) is 20.2. The number of nitriles is 1. The molecule has 7 heteroatoms. The predicted molar refractivity (Wildman–Crippen MR) is 105 cm³/mol. The molecule has 4 rings (SSSR count). The average Bonchev–Trinajstić information content (AvgIpc) is 3.20. The predicted octanol–water partition coefficient (Wildman–Crippen LogP) is 2.88. The van der Waals surface area contributed by atoms with Crippen LogP contribution in [0.2, 0.25) is 0 Å². The number of amides is 1. The van der Waals surface area contributed by atoms with Crippen molar-refractivity contribution in [2.75, 3.05) is 11.4 Å². The second-order valence-electron chi connectivity index (χ2n) is 7.16. The maximum absolute atomic E-state index is 13.9. The topological polar surface area (TPSA) is 108 Å². The van der Waals surface area contributed by atoms with Crippen LogP contribution in [0.5, 0.6) is 5.88 Å². The number of H-pyrrole nitrogens is 1. The lowest BCUT2D eigenvalue weighted by atomic mass is 9.68. The number of para-hydroxylation sites is 1. The molecule has 0 bridgehead atoms. The standard InChI is InChI=1S/C21H23N5O2/c1-3-5-9-15-17-19(25-24-15)28-18(23)14(12-22)21(17)13-8-6-7-10-16(13)26(11-4-2)20(21)27/h6-8,10H,3-5,9,11,23H2,1-2H3,(H,24,25)/t21-/m0/s1. The van der Waals surface area contributed by atoms with Crippen LogP contribution < -0.4 is 15.4 Å². The van der Waals surface area contributed by atoms with Crippen molar-refractivity contribution in [1.82, 2.24) is 10.2 Å². The summed E-state index contributed by atoms with van der Waals surface area (Å²) in [6.45, 7) is 4.69. The van der Waals surface area contributed by atoms with Gasteiger partial charge in [0.05, 0.1) is 5.56 Å². The number of aryl methyl sites for hydroxylation is 1. The molecule has 2 aliphatic heterocycles. The Labute approximate surface area is 163 Å². The van der Waals surface area contributed by atoms with Gasteiger partial charge in [-0.1, -0.05) is 38.5 Å². The Balaban J connectivity index is 2.06. The van der Waals surface area contributed by atoms with Gasteiger partial charge in [-0.05, 0) is 25.3 Å². The van der Waals surface area contributed by atoms with E-state index in [2.05, 4.69) is 23.2 Å². The van der Waals surface area contributed by atoms with Gasteiger partial charge in [0.2, 0.25) is 17.7 Å². The highest BCUT2D eigenvalue weighted by Gasteiger charge is 2.60. The van der Waals surface area contributed by atoms with E-state index in [9.17, 15) is 10.1 Å². The quantitative estimate of drug-likeness (QED) is 0.833. The molecule has 28 heavy (non-hydrogen) atoms. The first-order chi connectivity index (χ1) is 13.6. The number of fused-ring (bicyclic) bond motifs is 4. The van der Waals surface area contributed by atoms with E-state index in [0.717, 1.165) is 36.2 Å². The molecule has 3 N–H and O–H groups in total. The van der Waals surface area contributed by atoms with Gasteiger partial charge >= 0.3 is 0 Å². The third-order valence-corrected chi connectivity index (χ3v) is 5.52. The maximum Gasteiger partial charge on any atom is 0.247 e. The molecule has 1 aromatic carbocycles. The summed E-state index contributed by atoms with van der Waals surface area (Å²) in [6.07, 6.45) is 3.44. The SMILES string of the molecule is CCCCc1[nH]nc2c1[C@@]1(C(=O)N(CCC)c3ccccc31)C(C#N)=C(N)O2. The van der Waals surface area contributed by atoms with Crippen LogP contribution in [0.15, 0.2) is 35.7 Å². The summed E-state index contributed by atoms with van der Waals surface area (Å²) < 4.78 is 5.66. The van der Waals surface area contributed by atoms with Crippen molar-refractivity contribution in [1.29, 1.82) is 5.26 Å². The number of anilines is 1. The number of nitrogens with two attached hydrogens (primary N) is 1. The minimum atomic E-state index is -1.31. The van der Waals surface area contributed by atoms with Gasteiger partial charge in [0, 0.05) is 23.5 Å². The molecule has 7 nitrogen and oxygen atoms in total. The van der Waals surface area contributed by atoms with E-state index >= 15 is 0 Å². The molecule has 1 amide bonds. The van der Waals surface area contributed by atoms with Crippen molar-refractivity contribution < 1.29 is 9.53 Å². The summed E-state index contributed by atoms with van der Waals surface area (Å²) in [4.78, 5) is 15.7. The van der Waals surface area contributed by atoms with Crippen LogP contribution in [0, 0.1) is 11.3 Å². The number of aromatic amines is 1.